The molecule has 1 saturated carbocycles. The second kappa shape index (κ2) is 7.28. The van der Waals surface area contributed by atoms with Gasteiger partial charge in [-0.2, -0.15) is 0 Å². The van der Waals surface area contributed by atoms with E-state index in [4.69, 9.17) is 0 Å². The van der Waals surface area contributed by atoms with E-state index in [0.717, 1.165) is 19.0 Å². The maximum Gasteiger partial charge on any atom is 0.222 e. The summed E-state index contributed by atoms with van der Waals surface area (Å²) in [6.07, 6.45) is 10.7. The first-order valence-electron chi connectivity index (χ1n) is 8.21. The van der Waals surface area contributed by atoms with Crippen LogP contribution in [-0.2, 0) is 4.79 Å². The zero-order chi connectivity index (χ0) is 13.7. The Bertz CT molecular complexity index is 282. The highest BCUT2D eigenvalue weighted by Crippen LogP contribution is 2.24. The van der Waals surface area contributed by atoms with Crippen molar-refractivity contribution in [2.45, 2.75) is 77.3 Å². The number of amides is 1. The van der Waals surface area contributed by atoms with Crippen LogP contribution < -0.4 is 5.32 Å². The van der Waals surface area contributed by atoms with E-state index in [9.17, 15) is 4.79 Å². The zero-order valence-electron chi connectivity index (χ0n) is 12.7. The number of carbonyl (C=O) groups is 1. The highest BCUT2D eigenvalue weighted by atomic mass is 16.1. The van der Waals surface area contributed by atoms with Crippen LogP contribution >= 0.6 is 0 Å². The summed E-state index contributed by atoms with van der Waals surface area (Å²) in [6, 6.07) is 1.16. The molecule has 1 unspecified atom stereocenters. The molecule has 2 fully saturated rings. The molecule has 1 amide bonds. The summed E-state index contributed by atoms with van der Waals surface area (Å²) in [5.74, 6) is 0.320. The molecule has 0 aromatic heterocycles. The van der Waals surface area contributed by atoms with E-state index < -0.39 is 0 Å². The molecule has 2 aliphatic rings. The van der Waals surface area contributed by atoms with Crippen LogP contribution in [0.4, 0.5) is 0 Å². The van der Waals surface area contributed by atoms with Crippen LogP contribution in [0.25, 0.3) is 0 Å². The first-order valence-corrected chi connectivity index (χ1v) is 8.21. The van der Waals surface area contributed by atoms with Crippen LogP contribution in [0.2, 0.25) is 0 Å². The lowest BCUT2D eigenvalue weighted by molar-refractivity contribution is -0.125. The number of hydrogen-bond acceptors (Lipinski definition) is 2. The molecule has 0 bridgehead atoms. The third-order valence-corrected chi connectivity index (χ3v) is 4.66. The average molecular weight is 266 g/mol. The lowest BCUT2D eigenvalue weighted by atomic mass is 9.99. The van der Waals surface area contributed by atoms with Gasteiger partial charge in [0.05, 0.1) is 0 Å². The Hall–Kier alpha value is -0.570. The monoisotopic (exact) mass is 266 g/mol. The molecule has 3 heteroatoms. The Balaban J connectivity index is 1.83. The van der Waals surface area contributed by atoms with Gasteiger partial charge in [-0.15, -0.1) is 0 Å². The molecule has 0 aromatic carbocycles. The molecular weight excluding hydrogens is 236 g/mol. The number of nitrogens with zero attached hydrogens (tertiary/aromatic N) is 1. The zero-order valence-corrected chi connectivity index (χ0v) is 12.7. The van der Waals surface area contributed by atoms with Gasteiger partial charge in [0.1, 0.15) is 0 Å². The van der Waals surface area contributed by atoms with Crippen molar-refractivity contribution in [2.75, 3.05) is 13.1 Å². The van der Waals surface area contributed by atoms with Gasteiger partial charge in [0, 0.05) is 24.5 Å². The Kier molecular flexibility index (Phi) is 5.68. The van der Waals surface area contributed by atoms with Crippen LogP contribution in [0.3, 0.4) is 0 Å². The summed E-state index contributed by atoms with van der Waals surface area (Å²) in [7, 11) is 0. The largest absolute Gasteiger partial charge is 0.352 e. The highest BCUT2D eigenvalue weighted by molar-refractivity contribution is 5.78. The summed E-state index contributed by atoms with van der Waals surface area (Å²) < 4.78 is 0. The molecule has 1 aliphatic heterocycles. The Morgan fingerprint density at radius 1 is 1.05 bits per heavy atom. The molecule has 0 aromatic rings. The lowest BCUT2D eigenvalue weighted by Crippen LogP contribution is -2.51. The van der Waals surface area contributed by atoms with E-state index in [2.05, 4.69) is 10.2 Å². The third-order valence-electron chi connectivity index (χ3n) is 4.66. The van der Waals surface area contributed by atoms with Crippen molar-refractivity contribution in [1.29, 1.82) is 0 Å². The minimum Gasteiger partial charge on any atom is -0.352 e. The smallest absolute Gasteiger partial charge is 0.222 e. The number of rotatable bonds is 3. The van der Waals surface area contributed by atoms with Crippen LogP contribution in [0.1, 0.15) is 65.2 Å². The van der Waals surface area contributed by atoms with E-state index in [-0.39, 0.29) is 11.8 Å². The van der Waals surface area contributed by atoms with Gasteiger partial charge in [0.2, 0.25) is 5.91 Å². The number of piperidine rings is 1. The topological polar surface area (TPSA) is 32.3 Å². The number of carbonyl (C=O) groups excluding carboxylic acids is 1. The third kappa shape index (κ3) is 4.48. The Morgan fingerprint density at radius 2 is 1.74 bits per heavy atom. The van der Waals surface area contributed by atoms with E-state index >= 15 is 0 Å². The Morgan fingerprint density at radius 3 is 2.37 bits per heavy atom. The van der Waals surface area contributed by atoms with Crippen molar-refractivity contribution >= 4 is 5.91 Å². The molecule has 3 nitrogen and oxygen atoms in total. The second-order valence-electron chi connectivity index (χ2n) is 6.64. The predicted octanol–water partition coefficient (Wildman–Crippen LogP) is 2.95. The maximum atomic E-state index is 11.8. The van der Waals surface area contributed by atoms with Crippen LogP contribution in [0.5, 0.6) is 0 Å². The maximum absolute atomic E-state index is 11.8. The van der Waals surface area contributed by atoms with Gasteiger partial charge in [-0.05, 0) is 32.2 Å². The quantitative estimate of drug-likeness (QED) is 0.797. The molecule has 2 rings (SSSR count). The fraction of sp³-hybridized carbons (Fsp3) is 0.938. The minimum absolute atomic E-state index is 0.105. The van der Waals surface area contributed by atoms with E-state index in [1.807, 2.05) is 13.8 Å². The molecule has 1 heterocycles. The van der Waals surface area contributed by atoms with Crippen molar-refractivity contribution in [3.63, 3.8) is 0 Å². The molecule has 0 spiro atoms. The van der Waals surface area contributed by atoms with Gasteiger partial charge in [-0.25, -0.2) is 0 Å². The molecule has 110 valence electrons. The van der Waals surface area contributed by atoms with Crippen molar-refractivity contribution in [1.82, 2.24) is 10.2 Å². The van der Waals surface area contributed by atoms with Gasteiger partial charge >= 0.3 is 0 Å². The second-order valence-corrected chi connectivity index (χ2v) is 6.64. The molecule has 1 aliphatic carbocycles. The van der Waals surface area contributed by atoms with Crippen LogP contribution in [0, 0.1) is 5.92 Å². The first kappa shape index (κ1) is 14.8. The van der Waals surface area contributed by atoms with Gasteiger partial charge in [-0.3, -0.25) is 9.69 Å². The molecule has 1 atom stereocenters. The van der Waals surface area contributed by atoms with Crippen molar-refractivity contribution < 1.29 is 4.79 Å². The van der Waals surface area contributed by atoms with E-state index in [1.165, 1.54) is 51.5 Å². The normalized spacial score (nSPS) is 27.2. The Labute approximate surface area is 118 Å². The lowest BCUT2D eigenvalue weighted by Gasteiger charge is -2.38. The highest BCUT2D eigenvalue weighted by Gasteiger charge is 2.27. The average Bonchev–Trinajstić information content (AvgIpc) is 2.67. The minimum atomic E-state index is 0.105. The molecular formula is C16H30N2O. The van der Waals surface area contributed by atoms with E-state index in [1.54, 1.807) is 0 Å². The predicted molar refractivity (Wildman–Crippen MR) is 79.1 cm³/mol. The van der Waals surface area contributed by atoms with Gasteiger partial charge in [0.25, 0.3) is 0 Å². The van der Waals surface area contributed by atoms with Crippen LogP contribution in [0.15, 0.2) is 0 Å². The summed E-state index contributed by atoms with van der Waals surface area (Å²) in [6.45, 7) is 6.25. The summed E-state index contributed by atoms with van der Waals surface area (Å²) in [5, 5.41) is 3.22. The fourth-order valence-corrected chi connectivity index (χ4v) is 3.45. The standard InChI is InChI=1S/C16H30N2O/c1-13(2)16(19)17-14-8-7-11-18(12-14)15-9-5-3-4-6-10-15/h13-15H,3-12H2,1-2H3,(H,17,19). The molecule has 1 saturated heterocycles. The number of likely N-dealkylation sites (tertiary alicyclic amines) is 1. The SMILES string of the molecule is CC(C)C(=O)NC1CCCN(C2CCCCCC2)C1. The first-order chi connectivity index (χ1) is 9.16. The van der Waals surface area contributed by atoms with E-state index in [0.29, 0.717) is 6.04 Å². The van der Waals surface area contributed by atoms with Gasteiger partial charge in [-0.1, -0.05) is 39.5 Å². The molecule has 1 N–H and O–H groups in total. The summed E-state index contributed by atoms with van der Waals surface area (Å²) >= 11 is 0. The van der Waals surface area contributed by atoms with Crippen molar-refractivity contribution in [3.8, 4) is 0 Å². The number of nitrogens with one attached hydrogen (secondary N) is 1. The van der Waals surface area contributed by atoms with Gasteiger partial charge < -0.3 is 5.32 Å². The van der Waals surface area contributed by atoms with Crippen molar-refractivity contribution in [3.05, 3.63) is 0 Å². The number of hydrogen-bond donors (Lipinski definition) is 1. The molecule has 19 heavy (non-hydrogen) atoms. The summed E-state index contributed by atoms with van der Waals surface area (Å²) in [5.41, 5.74) is 0. The fourth-order valence-electron chi connectivity index (χ4n) is 3.45. The van der Waals surface area contributed by atoms with Gasteiger partial charge in [0.15, 0.2) is 0 Å². The summed E-state index contributed by atoms with van der Waals surface area (Å²) in [4.78, 5) is 14.5. The molecule has 0 radical (unpaired) electrons. The van der Waals surface area contributed by atoms with Crippen molar-refractivity contribution in [2.24, 2.45) is 5.92 Å². The van der Waals surface area contributed by atoms with Crippen LogP contribution in [-0.4, -0.2) is 36.0 Å².